The molecule has 4 rings (SSSR count). The molecule has 2 amide bonds. The summed E-state index contributed by atoms with van der Waals surface area (Å²) in [5.74, 6) is 1.27. The lowest BCUT2D eigenvalue weighted by atomic mass is 10.0. The standard InChI is InChI=1S/C27H26ClN3O4/c1-17(32)31-25(13-19-16-29-24-6-4-3-5-22(19)24)27(33)30-15-18-7-9-20(10-8-18)35-26-12-11-21(34-2)14-23(26)28/h3-12,14,16,25,29H,13,15H2,1-2H3,(H,30,33)(H,31,32)/t25-/m0/s1. The molecule has 3 aromatic carbocycles. The Morgan fingerprint density at radius 2 is 1.77 bits per heavy atom. The number of ether oxygens (including phenoxy) is 2. The van der Waals surface area contributed by atoms with Crippen molar-refractivity contribution in [3.8, 4) is 17.2 Å². The van der Waals surface area contributed by atoms with Crippen LogP contribution in [0, 0.1) is 0 Å². The van der Waals surface area contributed by atoms with Gasteiger partial charge in [0.05, 0.1) is 12.1 Å². The molecule has 1 heterocycles. The van der Waals surface area contributed by atoms with Crippen LogP contribution in [0.5, 0.6) is 17.2 Å². The van der Waals surface area contributed by atoms with Gasteiger partial charge >= 0.3 is 0 Å². The van der Waals surface area contributed by atoms with E-state index in [2.05, 4.69) is 15.6 Å². The Hall–Kier alpha value is -3.97. The minimum atomic E-state index is -0.688. The van der Waals surface area contributed by atoms with Crippen molar-refractivity contribution in [2.24, 2.45) is 0 Å². The number of carbonyl (C=O) groups excluding carboxylic acids is 2. The molecule has 180 valence electrons. The van der Waals surface area contributed by atoms with Crippen LogP contribution in [0.1, 0.15) is 18.1 Å². The van der Waals surface area contributed by atoms with Crippen molar-refractivity contribution < 1.29 is 19.1 Å². The topological polar surface area (TPSA) is 92.4 Å². The summed E-state index contributed by atoms with van der Waals surface area (Å²) < 4.78 is 11.0. The van der Waals surface area contributed by atoms with Crippen molar-refractivity contribution in [2.45, 2.75) is 25.9 Å². The number of hydrogen-bond acceptors (Lipinski definition) is 4. The van der Waals surface area contributed by atoms with E-state index in [1.165, 1.54) is 6.92 Å². The number of hydrogen-bond donors (Lipinski definition) is 3. The lowest BCUT2D eigenvalue weighted by molar-refractivity contribution is -0.128. The van der Waals surface area contributed by atoms with Crippen molar-refractivity contribution in [3.63, 3.8) is 0 Å². The number of methoxy groups -OCH3 is 1. The van der Waals surface area contributed by atoms with E-state index in [-0.39, 0.29) is 11.8 Å². The second-order valence-electron chi connectivity index (χ2n) is 8.08. The molecule has 0 saturated heterocycles. The van der Waals surface area contributed by atoms with E-state index < -0.39 is 6.04 Å². The first-order chi connectivity index (χ1) is 16.9. The normalized spacial score (nSPS) is 11.6. The van der Waals surface area contributed by atoms with Gasteiger partial charge in [0.1, 0.15) is 23.3 Å². The molecule has 3 N–H and O–H groups in total. The van der Waals surface area contributed by atoms with Gasteiger partial charge in [-0.2, -0.15) is 0 Å². The second kappa shape index (κ2) is 11.0. The van der Waals surface area contributed by atoms with Gasteiger partial charge in [0, 0.05) is 43.1 Å². The summed E-state index contributed by atoms with van der Waals surface area (Å²) in [4.78, 5) is 27.9. The first kappa shape index (κ1) is 24.2. The second-order valence-corrected chi connectivity index (χ2v) is 8.48. The highest BCUT2D eigenvalue weighted by molar-refractivity contribution is 6.32. The summed E-state index contributed by atoms with van der Waals surface area (Å²) in [7, 11) is 1.57. The Kier molecular flexibility index (Phi) is 7.57. The zero-order valence-corrected chi connectivity index (χ0v) is 20.2. The quantitative estimate of drug-likeness (QED) is 0.307. The number of aromatic nitrogens is 1. The molecule has 0 aliphatic carbocycles. The van der Waals surface area contributed by atoms with Gasteiger partial charge < -0.3 is 25.1 Å². The molecule has 0 unspecified atom stereocenters. The number of aromatic amines is 1. The average Bonchev–Trinajstić information content (AvgIpc) is 3.26. The van der Waals surface area contributed by atoms with Crippen LogP contribution in [0.15, 0.2) is 72.9 Å². The Morgan fingerprint density at radius 1 is 1.03 bits per heavy atom. The van der Waals surface area contributed by atoms with E-state index in [4.69, 9.17) is 21.1 Å². The van der Waals surface area contributed by atoms with Gasteiger partial charge in [-0.3, -0.25) is 9.59 Å². The number of benzene rings is 3. The van der Waals surface area contributed by atoms with Crippen LogP contribution < -0.4 is 20.1 Å². The molecule has 4 aromatic rings. The van der Waals surface area contributed by atoms with Gasteiger partial charge in [0.2, 0.25) is 11.8 Å². The van der Waals surface area contributed by atoms with Gasteiger partial charge in [-0.15, -0.1) is 0 Å². The zero-order valence-electron chi connectivity index (χ0n) is 19.4. The monoisotopic (exact) mass is 491 g/mol. The molecule has 1 atom stereocenters. The fourth-order valence-corrected chi connectivity index (χ4v) is 3.99. The maximum atomic E-state index is 12.9. The minimum Gasteiger partial charge on any atom is -0.497 e. The first-order valence-electron chi connectivity index (χ1n) is 11.1. The van der Waals surface area contributed by atoms with Crippen LogP contribution in [0.3, 0.4) is 0 Å². The summed E-state index contributed by atoms with van der Waals surface area (Å²) in [5, 5.41) is 7.15. The third kappa shape index (κ3) is 6.13. The highest BCUT2D eigenvalue weighted by atomic mass is 35.5. The molecule has 0 bridgehead atoms. The van der Waals surface area contributed by atoms with Crippen LogP contribution in [-0.4, -0.2) is 29.9 Å². The fourth-order valence-electron chi connectivity index (χ4n) is 3.78. The maximum absolute atomic E-state index is 12.9. The van der Waals surface area contributed by atoms with Crippen LogP contribution in [-0.2, 0) is 22.6 Å². The molecule has 0 radical (unpaired) electrons. The smallest absolute Gasteiger partial charge is 0.243 e. The van der Waals surface area contributed by atoms with E-state index in [1.807, 2.05) is 42.6 Å². The van der Waals surface area contributed by atoms with Crippen LogP contribution in [0.25, 0.3) is 10.9 Å². The molecule has 8 heteroatoms. The lowest BCUT2D eigenvalue weighted by Gasteiger charge is -2.17. The molecule has 0 saturated carbocycles. The maximum Gasteiger partial charge on any atom is 0.243 e. The Morgan fingerprint density at radius 3 is 2.49 bits per heavy atom. The van der Waals surface area contributed by atoms with Gasteiger partial charge in [-0.25, -0.2) is 0 Å². The van der Waals surface area contributed by atoms with Crippen LogP contribution >= 0.6 is 11.6 Å². The summed E-state index contributed by atoms with van der Waals surface area (Å²) in [6.45, 7) is 1.72. The molecule has 0 aliphatic rings. The molecule has 1 aromatic heterocycles. The Labute approximate surface area is 208 Å². The number of carbonyl (C=O) groups is 2. The van der Waals surface area contributed by atoms with Crippen molar-refractivity contribution in [3.05, 3.63) is 89.1 Å². The summed E-state index contributed by atoms with van der Waals surface area (Å²) >= 11 is 6.24. The molecular weight excluding hydrogens is 466 g/mol. The van der Waals surface area contributed by atoms with E-state index in [0.29, 0.717) is 35.2 Å². The van der Waals surface area contributed by atoms with Gasteiger partial charge in [0.25, 0.3) is 0 Å². The van der Waals surface area contributed by atoms with Crippen molar-refractivity contribution in [1.29, 1.82) is 0 Å². The lowest BCUT2D eigenvalue weighted by Crippen LogP contribution is -2.47. The molecule has 0 fully saturated rings. The number of amides is 2. The van der Waals surface area contributed by atoms with Gasteiger partial charge in [-0.05, 0) is 41.5 Å². The molecule has 35 heavy (non-hydrogen) atoms. The highest BCUT2D eigenvalue weighted by Crippen LogP contribution is 2.32. The number of halogens is 1. The summed E-state index contributed by atoms with van der Waals surface area (Å²) in [5.41, 5.74) is 2.84. The predicted molar refractivity (Wildman–Crippen MR) is 136 cm³/mol. The van der Waals surface area contributed by atoms with Gasteiger partial charge in [-0.1, -0.05) is 41.9 Å². The van der Waals surface area contributed by atoms with E-state index >= 15 is 0 Å². The molecule has 0 aliphatic heterocycles. The molecule has 0 spiro atoms. The average molecular weight is 492 g/mol. The number of fused-ring (bicyclic) bond motifs is 1. The van der Waals surface area contributed by atoms with Gasteiger partial charge in [0.15, 0.2) is 0 Å². The molecule has 7 nitrogen and oxygen atoms in total. The third-order valence-corrected chi connectivity index (χ3v) is 5.85. The number of H-pyrrole nitrogens is 1. The van der Waals surface area contributed by atoms with E-state index in [1.54, 1.807) is 37.4 Å². The largest absolute Gasteiger partial charge is 0.497 e. The highest BCUT2D eigenvalue weighted by Gasteiger charge is 2.21. The summed E-state index contributed by atoms with van der Waals surface area (Å²) in [6.07, 6.45) is 2.26. The number of rotatable bonds is 9. The van der Waals surface area contributed by atoms with E-state index in [9.17, 15) is 9.59 Å². The molecular formula is C27H26ClN3O4. The Bertz CT molecular complexity index is 1330. The van der Waals surface area contributed by atoms with Crippen LogP contribution in [0.4, 0.5) is 0 Å². The van der Waals surface area contributed by atoms with Crippen molar-refractivity contribution >= 4 is 34.3 Å². The number of para-hydroxylation sites is 1. The third-order valence-electron chi connectivity index (χ3n) is 5.55. The Balaban J connectivity index is 1.38. The zero-order chi connectivity index (χ0) is 24.8. The fraction of sp³-hybridized carbons (Fsp3) is 0.185. The summed E-state index contributed by atoms with van der Waals surface area (Å²) in [6, 6.07) is 19.7. The number of nitrogens with one attached hydrogen (secondary N) is 3. The SMILES string of the molecule is COc1ccc(Oc2ccc(CNC(=O)[C@H](Cc3c[nH]c4ccccc34)NC(C)=O)cc2)c(Cl)c1. The van der Waals surface area contributed by atoms with Crippen LogP contribution in [0.2, 0.25) is 5.02 Å². The van der Waals surface area contributed by atoms with E-state index in [0.717, 1.165) is 22.0 Å². The minimum absolute atomic E-state index is 0.254. The van der Waals surface area contributed by atoms with Crippen molar-refractivity contribution in [1.82, 2.24) is 15.6 Å². The van der Waals surface area contributed by atoms with Crippen molar-refractivity contribution in [2.75, 3.05) is 7.11 Å². The first-order valence-corrected chi connectivity index (χ1v) is 11.5. The predicted octanol–water partition coefficient (Wildman–Crippen LogP) is 4.99.